The average Bonchev–Trinajstić information content (AvgIpc) is 3.48. The van der Waals surface area contributed by atoms with E-state index in [1.165, 1.54) is 0 Å². The van der Waals surface area contributed by atoms with Gasteiger partial charge in [-0.3, -0.25) is 19.2 Å². The number of aldehydes is 12. The zero-order valence-electron chi connectivity index (χ0n) is 46.2. The lowest BCUT2D eigenvalue weighted by Gasteiger charge is -2.30. The van der Waals surface area contributed by atoms with E-state index in [9.17, 15) is 83.1 Å². The molecule has 0 aromatic carbocycles. The molecular formula is C60H88O20. The Hall–Kier alpha value is -5.32. The Labute approximate surface area is 470 Å². The van der Waals surface area contributed by atoms with E-state index in [1.54, 1.807) is 24.3 Å². The average molecular weight is 1130 g/mol. The first-order chi connectivity index (χ1) is 38.7. The summed E-state index contributed by atoms with van der Waals surface area (Å²) >= 11 is 0. The van der Waals surface area contributed by atoms with Gasteiger partial charge in [-0.1, -0.05) is 24.3 Å². The summed E-state index contributed by atoms with van der Waals surface area (Å²) in [7, 11) is 0. The predicted molar refractivity (Wildman–Crippen MR) is 292 cm³/mol. The Bertz CT molecular complexity index is 1960. The van der Waals surface area contributed by atoms with E-state index in [2.05, 4.69) is 0 Å². The van der Waals surface area contributed by atoms with Gasteiger partial charge in [0.15, 0.2) is 18.9 Å². The first kappa shape index (κ1) is 72.7. The van der Waals surface area contributed by atoms with Gasteiger partial charge in [-0.2, -0.15) is 0 Å². The normalized spacial score (nSPS) is 23.4. The minimum Gasteiger partial charge on any atom is -0.392 e. The van der Waals surface area contributed by atoms with Crippen LogP contribution < -0.4 is 0 Å². The Morgan fingerprint density at radius 3 is 1.01 bits per heavy atom. The molecule has 0 radical (unpaired) electrons. The molecule has 0 spiro atoms. The van der Waals surface area contributed by atoms with E-state index in [0.29, 0.717) is 176 Å². The SMILES string of the molecule is O=CCCC/C=C(/C=O)CC(C=O)C1CCCC(O)O1.O=CCCC/C=C(/C=O)CCC(O)C(C=O)CC/C=C(/C=O)CC(C=O)C1CCCC(O)O1.O=CCCCC(O)C(C=O)CC/C=C(/C=O)CC(C=O)C1CCCC(O)O1. The maximum absolute atomic E-state index is 11.5. The predicted octanol–water partition coefficient (Wildman–Crippen LogP) is 5.54. The van der Waals surface area contributed by atoms with E-state index in [1.807, 2.05) is 0 Å². The summed E-state index contributed by atoms with van der Waals surface area (Å²) in [5, 5.41) is 49.1. The standard InChI is InChI=1S/C25H36O8.C20H30O7.C15H22O5/c26-13-3-1-2-6-19(15-27)11-12-23(31)21(17-29)8-4-7-20(16-28)14-22(18-30)24-9-5-10-25(32)33-24;21-10-2-1-7-18(25)16(13-23)6-3-5-15(12-22)11-17(14-24)19-8-4-9-20(26)27-19;16-8-3-1-2-5-12(10-17)9-13(11-18)14-6-4-7-15(19)20-14/h6-7,13,15-18,21-25,31-32H,1-5,8-12,14H2;5,10,12-14,16-20,25-26H,1-4,6-9,11H2;5,8,10-11,13-15,19H,1-4,6-7,9H2/b19-6+,20-7+;15-5+;12-5+. The molecule has 0 aromatic rings. The van der Waals surface area contributed by atoms with Crippen molar-refractivity contribution in [3.05, 3.63) is 46.6 Å². The number of hydrogen-bond donors (Lipinski definition) is 5. The Morgan fingerprint density at radius 1 is 0.375 bits per heavy atom. The van der Waals surface area contributed by atoms with Crippen molar-refractivity contribution in [1.82, 2.24) is 0 Å². The third kappa shape index (κ3) is 31.6. The van der Waals surface area contributed by atoms with Gasteiger partial charge < -0.3 is 78.1 Å². The zero-order chi connectivity index (χ0) is 59.3. The monoisotopic (exact) mass is 1130 g/mol. The van der Waals surface area contributed by atoms with Crippen molar-refractivity contribution in [2.75, 3.05) is 0 Å². The van der Waals surface area contributed by atoms with Crippen molar-refractivity contribution < 1.29 is 97.3 Å². The Balaban J connectivity index is 0.000000618. The lowest BCUT2D eigenvalue weighted by Crippen LogP contribution is -2.34. The molecule has 3 aliphatic rings. The van der Waals surface area contributed by atoms with Crippen LogP contribution in [0, 0.1) is 29.6 Å². The highest BCUT2D eigenvalue weighted by molar-refractivity contribution is 5.76. The summed E-state index contributed by atoms with van der Waals surface area (Å²) in [4.78, 5) is 133. The van der Waals surface area contributed by atoms with Crippen molar-refractivity contribution in [3.8, 4) is 0 Å². The molecule has 3 saturated heterocycles. The number of ether oxygens (including phenoxy) is 3. The van der Waals surface area contributed by atoms with Crippen LogP contribution in [0.25, 0.3) is 0 Å². The quantitative estimate of drug-likeness (QED) is 0.0285. The van der Waals surface area contributed by atoms with Crippen LogP contribution in [0.2, 0.25) is 0 Å². The van der Waals surface area contributed by atoms with E-state index in [-0.39, 0.29) is 25.4 Å². The maximum atomic E-state index is 11.5. The molecule has 3 fully saturated rings. The van der Waals surface area contributed by atoms with Crippen molar-refractivity contribution in [3.63, 3.8) is 0 Å². The molecule has 20 heteroatoms. The van der Waals surface area contributed by atoms with E-state index < -0.39 is 72.9 Å². The fraction of sp³-hybridized carbons (Fsp3) is 0.667. The number of rotatable bonds is 41. The Kier molecular flexibility index (Phi) is 42.1. The molecule has 0 bridgehead atoms. The first-order valence-corrected chi connectivity index (χ1v) is 28.3. The molecule has 80 heavy (non-hydrogen) atoms. The third-order valence-corrected chi connectivity index (χ3v) is 14.4. The molecule has 5 N–H and O–H groups in total. The van der Waals surface area contributed by atoms with Crippen molar-refractivity contribution in [2.45, 2.75) is 223 Å². The highest BCUT2D eigenvalue weighted by Crippen LogP contribution is 2.29. The second-order valence-electron chi connectivity index (χ2n) is 20.5. The molecule has 20 nitrogen and oxygen atoms in total. The fourth-order valence-electron chi connectivity index (χ4n) is 9.56. The number of unbranched alkanes of at least 4 members (excludes halogenated alkanes) is 5. The molecule has 3 aliphatic heterocycles. The summed E-state index contributed by atoms with van der Waals surface area (Å²) in [5.74, 6) is -2.65. The summed E-state index contributed by atoms with van der Waals surface area (Å²) < 4.78 is 16.2. The molecule has 3 heterocycles. The topological polar surface area (TPSA) is 334 Å². The minimum absolute atomic E-state index is 0.191. The molecule has 0 saturated carbocycles. The molecule has 13 atom stereocenters. The second-order valence-corrected chi connectivity index (χ2v) is 20.5. The highest BCUT2D eigenvalue weighted by atomic mass is 16.6. The van der Waals surface area contributed by atoms with Crippen LogP contribution in [-0.2, 0) is 71.7 Å². The number of aliphatic hydroxyl groups excluding tert-OH is 5. The van der Waals surface area contributed by atoms with Crippen LogP contribution in [0.15, 0.2) is 46.6 Å². The van der Waals surface area contributed by atoms with Gasteiger partial charge in [0, 0.05) is 48.9 Å². The van der Waals surface area contributed by atoms with Gasteiger partial charge in [0.25, 0.3) is 0 Å². The van der Waals surface area contributed by atoms with Crippen LogP contribution in [0.4, 0.5) is 0 Å². The number of hydrogen-bond acceptors (Lipinski definition) is 20. The summed E-state index contributed by atoms with van der Waals surface area (Å²) in [5.41, 5.74) is 1.94. The summed E-state index contributed by atoms with van der Waals surface area (Å²) in [6.45, 7) is 0. The largest absolute Gasteiger partial charge is 0.392 e. The van der Waals surface area contributed by atoms with Gasteiger partial charge >= 0.3 is 0 Å². The van der Waals surface area contributed by atoms with Gasteiger partial charge in [0.05, 0.1) is 30.5 Å². The third-order valence-electron chi connectivity index (χ3n) is 14.4. The van der Waals surface area contributed by atoms with Crippen LogP contribution >= 0.6 is 0 Å². The molecule has 13 unspecified atom stereocenters. The summed E-state index contributed by atoms with van der Waals surface area (Å²) in [6.07, 6.45) is 23.9. The van der Waals surface area contributed by atoms with Gasteiger partial charge in [-0.15, -0.1) is 0 Å². The van der Waals surface area contributed by atoms with Crippen molar-refractivity contribution >= 4 is 75.4 Å². The highest BCUT2D eigenvalue weighted by Gasteiger charge is 2.31. The first-order valence-electron chi connectivity index (χ1n) is 28.3. The molecular weight excluding hydrogens is 1040 g/mol. The minimum atomic E-state index is -0.922. The summed E-state index contributed by atoms with van der Waals surface area (Å²) in [6, 6.07) is 0. The molecule has 448 valence electrons. The van der Waals surface area contributed by atoms with Crippen molar-refractivity contribution in [1.29, 1.82) is 0 Å². The van der Waals surface area contributed by atoms with Gasteiger partial charge in [0.2, 0.25) is 0 Å². The number of aliphatic hydroxyl groups is 5. The van der Waals surface area contributed by atoms with Gasteiger partial charge in [-0.05, 0) is 176 Å². The van der Waals surface area contributed by atoms with Crippen molar-refractivity contribution in [2.24, 2.45) is 29.6 Å². The fourth-order valence-corrected chi connectivity index (χ4v) is 9.56. The lowest BCUT2D eigenvalue weighted by atomic mass is 9.89. The lowest BCUT2D eigenvalue weighted by molar-refractivity contribution is -0.177. The zero-order valence-corrected chi connectivity index (χ0v) is 46.2. The molecule has 3 rings (SSSR count). The van der Waals surface area contributed by atoms with Crippen LogP contribution in [-0.4, -0.2) is 150 Å². The molecule has 0 aliphatic carbocycles. The van der Waals surface area contributed by atoms with Crippen LogP contribution in [0.3, 0.4) is 0 Å². The van der Waals surface area contributed by atoms with Crippen LogP contribution in [0.5, 0.6) is 0 Å². The van der Waals surface area contributed by atoms with Gasteiger partial charge in [0.1, 0.15) is 75.4 Å². The number of carbonyl (C=O) groups excluding carboxylic acids is 12. The van der Waals surface area contributed by atoms with Gasteiger partial charge in [-0.25, -0.2) is 0 Å². The van der Waals surface area contributed by atoms with E-state index in [0.717, 1.165) is 76.0 Å². The van der Waals surface area contributed by atoms with E-state index >= 15 is 0 Å². The smallest absolute Gasteiger partial charge is 0.154 e. The van der Waals surface area contributed by atoms with E-state index in [4.69, 9.17) is 14.2 Å². The Morgan fingerprint density at radius 2 is 0.700 bits per heavy atom. The number of allylic oxidation sites excluding steroid dienone is 8. The number of carbonyl (C=O) groups is 12. The maximum Gasteiger partial charge on any atom is 0.154 e. The molecule has 0 amide bonds. The van der Waals surface area contributed by atoms with Crippen LogP contribution in [0.1, 0.15) is 173 Å². The second kappa shape index (κ2) is 46.3. The molecule has 0 aromatic heterocycles.